The highest BCUT2D eigenvalue weighted by Crippen LogP contribution is 2.30. The van der Waals surface area contributed by atoms with Gasteiger partial charge in [-0.05, 0) is 0 Å². The molecule has 5 atom stereocenters. The van der Waals surface area contributed by atoms with Gasteiger partial charge in [-0.1, -0.05) is 0 Å². The van der Waals surface area contributed by atoms with Crippen LogP contribution in [0, 0.1) is 0 Å². The summed E-state index contributed by atoms with van der Waals surface area (Å²) in [5.41, 5.74) is -1.15. The summed E-state index contributed by atoms with van der Waals surface area (Å²) in [7, 11) is 0. The number of hydrogen-bond donors (Lipinski definition) is 5. The van der Waals surface area contributed by atoms with Gasteiger partial charge >= 0.3 is 0 Å². The molecule has 0 aromatic carbocycles. The fourth-order valence-electron chi connectivity index (χ4n) is 1.08. The molecule has 1 unspecified atom stereocenters. The van der Waals surface area contributed by atoms with Gasteiger partial charge in [0, 0.05) is 0 Å². The average molecular weight is 196 g/mol. The second-order valence-electron chi connectivity index (χ2n) is 2.72. The fourth-order valence-corrected chi connectivity index (χ4v) is 2.17. The number of aliphatic hydroxyl groups is 5. The van der Waals surface area contributed by atoms with Crippen LogP contribution in [0.5, 0.6) is 0 Å². The molecule has 72 valence electrons. The monoisotopic (exact) mass is 196 g/mol. The molecule has 0 aliphatic carbocycles. The summed E-state index contributed by atoms with van der Waals surface area (Å²) < 4.78 is 0. The van der Waals surface area contributed by atoms with E-state index < -0.39 is 29.0 Å². The van der Waals surface area contributed by atoms with Gasteiger partial charge in [0.15, 0.2) is 0 Å². The van der Waals surface area contributed by atoms with E-state index in [1.807, 2.05) is 0 Å². The Balaban J connectivity index is 2.63. The summed E-state index contributed by atoms with van der Waals surface area (Å²) in [5.74, 6) is 0. The van der Waals surface area contributed by atoms with Crippen LogP contribution in [0.3, 0.4) is 0 Å². The molecule has 0 bridgehead atoms. The standard InChI is InChI=1S/C6H12O5S/c7-1-2-3(8)4(9)5(10)6(11)12-2/h2-11H,1H2/t2-,3+,4-,5+,6?/m0/s1. The largest absolute Gasteiger partial charge is 0.395 e. The van der Waals surface area contributed by atoms with E-state index in [1.165, 1.54) is 0 Å². The lowest BCUT2D eigenvalue weighted by atomic mass is 10.0. The maximum Gasteiger partial charge on any atom is 0.128 e. The van der Waals surface area contributed by atoms with Gasteiger partial charge in [0.25, 0.3) is 0 Å². The minimum Gasteiger partial charge on any atom is -0.395 e. The third kappa shape index (κ3) is 1.73. The molecule has 0 aromatic heterocycles. The van der Waals surface area contributed by atoms with Crippen LogP contribution in [0.1, 0.15) is 0 Å². The first kappa shape index (κ1) is 10.2. The predicted molar refractivity (Wildman–Crippen MR) is 42.5 cm³/mol. The Labute approximate surface area is 73.7 Å². The lowest BCUT2D eigenvalue weighted by molar-refractivity contribution is -0.0953. The van der Waals surface area contributed by atoms with Crippen LogP contribution < -0.4 is 0 Å². The summed E-state index contributed by atoms with van der Waals surface area (Å²) in [4.78, 5) is 0. The van der Waals surface area contributed by atoms with E-state index >= 15 is 0 Å². The SMILES string of the molecule is OC[C@@H]1SC(O)[C@H](O)[C@@H](O)[C@@H]1O. The molecule has 0 aromatic rings. The highest BCUT2D eigenvalue weighted by Gasteiger charge is 2.42. The number of rotatable bonds is 1. The lowest BCUT2D eigenvalue weighted by Gasteiger charge is -2.36. The molecular weight excluding hydrogens is 184 g/mol. The van der Waals surface area contributed by atoms with Crippen molar-refractivity contribution in [3.05, 3.63) is 0 Å². The molecule has 1 rings (SSSR count). The van der Waals surface area contributed by atoms with Crippen molar-refractivity contribution >= 4 is 11.8 Å². The van der Waals surface area contributed by atoms with Crippen LogP contribution in [0.2, 0.25) is 0 Å². The molecule has 1 aliphatic rings. The summed E-state index contributed by atoms with van der Waals surface area (Å²) in [6.07, 6.45) is -3.94. The fraction of sp³-hybridized carbons (Fsp3) is 1.00. The Kier molecular flexibility index (Phi) is 3.33. The Morgan fingerprint density at radius 1 is 0.917 bits per heavy atom. The summed E-state index contributed by atoms with van der Waals surface area (Å²) >= 11 is 0.852. The van der Waals surface area contributed by atoms with Crippen LogP contribution in [-0.2, 0) is 0 Å². The highest BCUT2D eigenvalue weighted by atomic mass is 32.2. The normalized spacial score (nSPS) is 49.2. The van der Waals surface area contributed by atoms with E-state index in [0.717, 1.165) is 11.8 Å². The predicted octanol–water partition coefficient (Wildman–Crippen LogP) is -2.50. The van der Waals surface area contributed by atoms with Gasteiger partial charge in [-0.15, -0.1) is 11.8 Å². The minimum absolute atomic E-state index is 0.341. The molecule has 1 fully saturated rings. The second kappa shape index (κ2) is 3.91. The van der Waals surface area contributed by atoms with Gasteiger partial charge in [-0.2, -0.15) is 0 Å². The van der Waals surface area contributed by atoms with Crippen molar-refractivity contribution < 1.29 is 25.5 Å². The Bertz CT molecular complexity index is 150. The maximum absolute atomic E-state index is 9.22. The average Bonchev–Trinajstić information content (AvgIpc) is 2.08. The minimum atomic E-state index is -1.39. The first-order chi connectivity index (χ1) is 5.57. The van der Waals surface area contributed by atoms with Crippen LogP contribution >= 0.6 is 11.8 Å². The topological polar surface area (TPSA) is 101 Å². The van der Waals surface area contributed by atoms with Crippen LogP contribution in [0.4, 0.5) is 0 Å². The molecule has 1 saturated heterocycles. The molecule has 5 nitrogen and oxygen atoms in total. The van der Waals surface area contributed by atoms with Gasteiger partial charge in [0.05, 0.1) is 18.0 Å². The zero-order chi connectivity index (χ0) is 9.30. The number of hydrogen-bond acceptors (Lipinski definition) is 6. The van der Waals surface area contributed by atoms with E-state index in [0.29, 0.717) is 0 Å². The molecule has 6 heteroatoms. The first-order valence-electron chi connectivity index (χ1n) is 3.56. The Morgan fingerprint density at radius 2 is 1.50 bits per heavy atom. The third-order valence-corrected chi connectivity index (χ3v) is 3.20. The zero-order valence-electron chi connectivity index (χ0n) is 6.24. The van der Waals surface area contributed by atoms with Crippen molar-refractivity contribution in [3.8, 4) is 0 Å². The van der Waals surface area contributed by atoms with E-state index in [1.54, 1.807) is 0 Å². The third-order valence-electron chi connectivity index (χ3n) is 1.87. The lowest BCUT2D eigenvalue weighted by Crippen LogP contribution is -2.53. The first-order valence-corrected chi connectivity index (χ1v) is 4.50. The van der Waals surface area contributed by atoms with Gasteiger partial charge in [0.2, 0.25) is 0 Å². The summed E-state index contributed by atoms with van der Waals surface area (Å²) in [5, 5.41) is 44.6. The van der Waals surface area contributed by atoms with Gasteiger partial charge in [0.1, 0.15) is 17.6 Å². The van der Waals surface area contributed by atoms with Crippen molar-refractivity contribution in [3.63, 3.8) is 0 Å². The van der Waals surface area contributed by atoms with E-state index in [2.05, 4.69) is 0 Å². The van der Waals surface area contributed by atoms with Crippen LogP contribution in [-0.4, -0.2) is 61.1 Å². The van der Waals surface area contributed by atoms with E-state index in [-0.39, 0.29) is 6.61 Å². The second-order valence-corrected chi connectivity index (χ2v) is 4.08. The van der Waals surface area contributed by atoms with Crippen molar-refractivity contribution in [2.45, 2.75) is 29.0 Å². The molecule has 0 saturated carbocycles. The van der Waals surface area contributed by atoms with Crippen molar-refractivity contribution in [2.24, 2.45) is 0 Å². The Hall–Kier alpha value is 0.150. The number of aliphatic hydroxyl groups excluding tert-OH is 5. The summed E-state index contributed by atoms with van der Waals surface area (Å²) in [6.45, 7) is -0.341. The van der Waals surface area contributed by atoms with E-state index in [9.17, 15) is 5.11 Å². The smallest absolute Gasteiger partial charge is 0.128 e. The van der Waals surface area contributed by atoms with E-state index in [4.69, 9.17) is 20.4 Å². The molecule has 1 heterocycles. The molecule has 5 N–H and O–H groups in total. The molecule has 1 aliphatic heterocycles. The van der Waals surface area contributed by atoms with Gasteiger partial charge in [-0.25, -0.2) is 0 Å². The Morgan fingerprint density at radius 3 is 2.00 bits per heavy atom. The van der Waals surface area contributed by atoms with Crippen LogP contribution in [0.25, 0.3) is 0 Å². The zero-order valence-corrected chi connectivity index (χ0v) is 7.05. The molecule has 0 amide bonds. The van der Waals surface area contributed by atoms with Crippen molar-refractivity contribution in [1.82, 2.24) is 0 Å². The molecule has 12 heavy (non-hydrogen) atoms. The maximum atomic E-state index is 9.22. The summed E-state index contributed by atoms with van der Waals surface area (Å²) in [6, 6.07) is 0. The molecule has 0 radical (unpaired) electrons. The van der Waals surface area contributed by atoms with Crippen LogP contribution in [0.15, 0.2) is 0 Å². The van der Waals surface area contributed by atoms with Crippen molar-refractivity contribution in [1.29, 1.82) is 0 Å². The highest BCUT2D eigenvalue weighted by molar-refractivity contribution is 8.00. The van der Waals surface area contributed by atoms with Gasteiger partial charge in [-0.3, -0.25) is 0 Å². The molecule has 0 spiro atoms. The quantitative estimate of drug-likeness (QED) is 0.318. The van der Waals surface area contributed by atoms with Gasteiger partial charge < -0.3 is 25.5 Å². The molecular formula is C6H12O5S. The van der Waals surface area contributed by atoms with Crippen molar-refractivity contribution in [2.75, 3.05) is 6.61 Å². The number of thioether (sulfide) groups is 1.